The van der Waals surface area contributed by atoms with Crippen LogP contribution in [-0.4, -0.2) is 4.98 Å². The zero-order chi connectivity index (χ0) is 5.11. The van der Waals surface area contributed by atoms with E-state index < -0.39 is 0 Å². The number of hydrogen-bond acceptors (Lipinski definition) is 1. The topological polar surface area (TPSA) is 12.9 Å². The molecule has 1 nitrogen and oxygen atoms in total. The molecule has 0 amide bonds. The van der Waals surface area contributed by atoms with Crippen LogP contribution in [0.2, 0.25) is 0 Å². The summed E-state index contributed by atoms with van der Waals surface area (Å²) in [7, 11) is 0. The van der Waals surface area contributed by atoms with Crippen LogP contribution in [-0.2, 0) is 0 Å². The first-order valence-electron chi connectivity index (χ1n) is 2.26. The minimum Gasteiger partial charge on any atom is -0.265 e. The van der Waals surface area contributed by atoms with Crippen LogP contribution in [0.3, 0.4) is 0 Å². The van der Waals surface area contributed by atoms with Gasteiger partial charge in [0.05, 0.1) is 0 Å². The average Bonchev–Trinajstić information content (AvgIpc) is 1.69. The molecule has 1 aromatic heterocycles. The lowest BCUT2D eigenvalue weighted by atomic mass is 10.3. The van der Waals surface area contributed by atoms with Gasteiger partial charge in [0.1, 0.15) is 0 Å². The zero-order valence-corrected chi connectivity index (χ0v) is 6.38. The maximum absolute atomic E-state index is 3.85. The molecule has 0 aliphatic carbocycles. The summed E-state index contributed by atoms with van der Waals surface area (Å²) in [6.45, 7) is 2.04. The fraction of sp³-hybridized carbons (Fsp3) is 0.167. The van der Waals surface area contributed by atoms with E-state index in [1.165, 1.54) is 5.56 Å². The summed E-state index contributed by atoms with van der Waals surface area (Å²) < 4.78 is 0. The minimum atomic E-state index is 0. The molecular weight excluding hydrogens is 117 g/mol. The van der Waals surface area contributed by atoms with E-state index in [9.17, 15) is 0 Å². The third-order valence-corrected chi connectivity index (χ3v) is 0.847. The highest BCUT2D eigenvalue weighted by atomic mass is 31.0. The second kappa shape index (κ2) is 3.57. The predicted molar refractivity (Wildman–Crippen MR) is 40.1 cm³/mol. The highest BCUT2D eigenvalue weighted by molar-refractivity contribution is 6.92. The molecule has 0 aliphatic rings. The van der Waals surface area contributed by atoms with Crippen molar-refractivity contribution in [1.82, 2.24) is 4.98 Å². The Bertz CT molecular complexity index is 138. The van der Waals surface area contributed by atoms with Crippen LogP contribution in [0.4, 0.5) is 0 Å². The van der Waals surface area contributed by atoms with Gasteiger partial charge in [0.2, 0.25) is 0 Å². The molecule has 0 saturated carbocycles. The van der Waals surface area contributed by atoms with Gasteiger partial charge in [0.15, 0.2) is 0 Å². The molecule has 0 bridgehead atoms. The largest absolute Gasteiger partial charge is 0.265 e. The third-order valence-electron chi connectivity index (χ3n) is 0.847. The number of nitrogens with zero attached hydrogens (tertiary/aromatic N) is 1. The smallest absolute Gasteiger partial charge is 0.0270 e. The van der Waals surface area contributed by atoms with Gasteiger partial charge >= 0.3 is 0 Å². The Labute approximate surface area is 52.8 Å². The van der Waals surface area contributed by atoms with Crippen LogP contribution in [0.1, 0.15) is 5.56 Å². The first-order valence-corrected chi connectivity index (χ1v) is 2.26. The van der Waals surface area contributed by atoms with E-state index in [2.05, 4.69) is 4.98 Å². The summed E-state index contributed by atoms with van der Waals surface area (Å²) in [5.74, 6) is 0. The first-order chi connectivity index (χ1) is 3.39. The highest BCUT2D eigenvalue weighted by Gasteiger charge is 1.72. The second-order valence-electron chi connectivity index (χ2n) is 1.52. The molecule has 0 N–H and O–H groups in total. The van der Waals surface area contributed by atoms with Gasteiger partial charge in [-0.15, -0.1) is 0 Å². The Kier molecular flexibility index (Phi) is 3.38. The molecule has 0 fully saturated rings. The van der Waals surface area contributed by atoms with E-state index in [0.717, 1.165) is 0 Å². The first kappa shape index (κ1) is 7.58. The summed E-state index contributed by atoms with van der Waals surface area (Å²) in [6, 6.07) is 3.94. The number of pyridine rings is 1. The van der Waals surface area contributed by atoms with Crippen LogP contribution in [0.15, 0.2) is 24.5 Å². The quantitative estimate of drug-likeness (QED) is 0.480. The Morgan fingerprint density at radius 1 is 1.25 bits per heavy atom. The maximum atomic E-state index is 3.85. The average molecular weight is 127 g/mol. The van der Waals surface area contributed by atoms with Gasteiger partial charge in [0.25, 0.3) is 0 Å². The number of rotatable bonds is 0. The van der Waals surface area contributed by atoms with Gasteiger partial charge in [-0.1, -0.05) is 0 Å². The molecule has 0 spiro atoms. The van der Waals surface area contributed by atoms with Crippen molar-refractivity contribution in [3.05, 3.63) is 30.1 Å². The summed E-state index contributed by atoms with van der Waals surface area (Å²) in [6.07, 6.45) is 3.57. The van der Waals surface area contributed by atoms with Gasteiger partial charge in [-0.2, -0.15) is 9.90 Å². The highest BCUT2D eigenvalue weighted by Crippen LogP contribution is 1.88. The lowest BCUT2D eigenvalue weighted by molar-refractivity contribution is 1.29. The van der Waals surface area contributed by atoms with Crippen LogP contribution >= 0.6 is 9.90 Å². The Morgan fingerprint density at radius 2 is 1.75 bits per heavy atom. The van der Waals surface area contributed by atoms with Crippen molar-refractivity contribution in [3.8, 4) is 0 Å². The van der Waals surface area contributed by atoms with Gasteiger partial charge in [-0.3, -0.25) is 4.98 Å². The molecule has 1 atom stereocenters. The third kappa shape index (κ3) is 2.04. The Hall–Kier alpha value is -0.420. The van der Waals surface area contributed by atoms with Crippen molar-refractivity contribution >= 4 is 9.90 Å². The molecule has 0 aromatic carbocycles. The lowest BCUT2D eigenvalue weighted by Gasteiger charge is -1.82. The summed E-state index contributed by atoms with van der Waals surface area (Å²) in [5.41, 5.74) is 1.26. The maximum Gasteiger partial charge on any atom is 0.0270 e. The van der Waals surface area contributed by atoms with Gasteiger partial charge < -0.3 is 0 Å². The number of aryl methyl sites for hydroxylation is 1. The van der Waals surface area contributed by atoms with Crippen molar-refractivity contribution in [1.29, 1.82) is 0 Å². The van der Waals surface area contributed by atoms with Gasteiger partial charge in [-0.25, -0.2) is 0 Å². The van der Waals surface area contributed by atoms with Gasteiger partial charge in [0, 0.05) is 12.4 Å². The molecule has 1 aromatic rings. The molecule has 8 heavy (non-hydrogen) atoms. The summed E-state index contributed by atoms with van der Waals surface area (Å²) in [4.78, 5) is 3.85. The van der Waals surface area contributed by atoms with Gasteiger partial charge in [-0.05, 0) is 24.6 Å². The van der Waals surface area contributed by atoms with E-state index in [1.807, 2.05) is 19.1 Å². The van der Waals surface area contributed by atoms with Crippen LogP contribution in [0.5, 0.6) is 0 Å². The number of hydrogen-bond donors (Lipinski definition) is 0. The molecule has 1 heterocycles. The van der Waals surface area contributed by atoms with Crippen molar-refractivity contribution < 1.29 is 0 Å². The van der Waals surface area contributed by atoms with Crippen molar-refractivity contribution in [2.45, 2.75) is 6.92 Å². The molecule has 0 saturated heterocycles. The van der Waals surface area contributed by atoms with Crippen LogP contribution < -0.4 is 0 Å². The summed E-state index contributed by atoms with van der Waals surface area (Å²) in [5, 5.41) is 0. The van der Waals surface area contributed by atoms with Crippen LogP contribution in [0, 0.1) is 6.92 Å². The van der Waals surface area contributed by atoms with E-state index in [-0.39, 0.29) is 9.90 Å². The molecule has 2 heteroatoms. The van der Waals surface area contributed by atoms with Crippen molar-refractivity contribution in [2.24, 2.45) is 0 Å². The second-order valence-corrected chi connectivity index (χ2v) is 1.52. The molecule has 44 valence electrons. The van der Waals surface area contributed by atoms with Crippen molar-refractivity contribution in [3.63, 3.8) is 0 Å². The fourth-order valence-electron chi connectivity index (χ4n) is 0.426. The molecular formula is C6H10NP. The number of aromatic nitrogens is 1. The lowest BCUT2D eigenvalue weighted by Crippen LogP contribution is -1.68. The Balaban J connectivity index is 0.000000490. The van der Waals surface area contributed by atoms with E-state index in [4.69, 9.17) is 0 Å². The van der Waals surface area contributed by atoms with E-state index >= 15 is 0 Å². The van der Waals surface area contributed by atoms with Crippen LogP contribution in [0.25, 0.3) is 0 Å². The Morgan fingerprint density at radius 3 is 2.00 bits per heavy atom. The molecule has 0 aliphatic heterocycles. The summed E-state index contributed by atoms with van der Waals surface area (Å²) >= 11 is 0. The van der Waals surface area contributed by atoms with Crippen molar-refractivity contribution in [2.75, 3.05) is 0 Å². The minimum absolute atomic E-state index is 0. The standard InChI is InChI=1S/C6H7N.H3P/c1-6-2-4-7-5-3-6;/h2-5H,1H3;1H3. The molecule has 0 radical (unpaired) electrons. The zero-order valence-electron chi connectivity index (χ0n) is 4.96. The van der Waals surface area contributed by atoms with E-state index in [0.29, 0.717) is 0 Å². The monoisotopic (exact) mass is 127 g/mol. The molecule has 1 unspecified atom stereocenters. The normalized spacial score (nSPS) is 7.62. The SMILES string of the molecule is Cc1ccncc1.P. The molecule has 1 rings (SSSR count). The predicted octanol–water partition coefficient (Wildman–Crippen LogP) is 1.45. The van der Waals surface area contributed by atoms with E-state index in [1.54, 1.807) is 12.4 Å². The fourth-order valence-corrected chi connectivity index (χ4v) is 0.426.